The van der Waals surface area contributed by atoms with E-state index in [1.165, 1.54) is 6.42 Å². The zero-order chi connectivity index (χ0) is 14.0. The first-order chi connectivity index (χ1) is 9.02. The highest BCUT2D eigenvalue weighted by Crippen LogP contribution is 2.25. The molecule has 0 spiro atoms. The van der Waals surface area contributed by atoms with Crippen LogP contribution in [0.2, 0.25) is 0 Å². The molecule has 0 aromatic carbocycles. The van der Waals surface area contributed by atoms with Crippen LogP contribution in [0.3, 0.4) is 0 Å². The first-order valence-corrected chi connectivity index (χ1v) is 7.02. The molecule has 1 saturated heterocycles. The van der Waals surface area contributed by atoms with E-state index in [9.17, 15) is 4.79 Å². The Bertz CT molecular complexity index is 462. The smallest absolute Gasteiger partial charge is 0.254 e. The molecule has 1 amide bonds. The SMILES string of the molecule is CNc1cc(C(=O)N2[C@H](C)CCC[C@@H]2C)cc(C)n1. The summed E-state index contributed by atoms with van der Waals surface area (Å²) in [6.07, 6.45) is 3.40. The summed E-state index contributed by atoms with van der Waals surface area (Å²) in [7, 11) is 1.82. The van der Waals surface area contributed by atoms with Crippen LogP contribution >= 0.6 is 0 Å². The summed E-state index contributed by atoms with van der Waals surface area (Å²) in [5.41, 5.74) is 1.60. The normalized spacial score (nSPS) is 23.3. The molecule has 1 aromatic rings. The van der Waals surface area contributed by atoms with Crippen molar-refractivity contribution in [3.8, 4) is 0 Å². The summed E-state index contributed by atoms with van der Waals surface area (Å²) >= 11 is 0. The lowest BCUT2D eigenvalue weighted by Crippen LogP contribution is -2.47. The lowest BCUT2D eigenvalue weighted by atomic mass is 9.96. The van der Waals surface area contributed by atoms with Gasteiger partial charge in [-0.15, -0.1) is 0 Å². The Morgan fingerprint density at radius 1 is 1.32 bits per heavy atom. The second kappa shape index (κ2) is 5.59. The Hall–Kier alpha value is -1.58. The van der Waals surface area contributed by atoms with E-state index in [1.54, 1.807) is 0 Å². The molecule has 0 saturated carbocycles. The molecular weight excluding hydrogens is 238 g/mol. The first-order valence-electron chi connectivity index (χ1n) is 7.02. The summed E-state index contributed by atoms with van der Waals surface area (Å²) in [5, 5.41) is 3.01. The average Bonchev–Trinajstić information content (AvgIpc) is 2.37. The van der Waals surface area contributed by atoms with Gasteiger partial charge < -0.3 is 10.2 Å². The molecule has 4 heteroatoms. The van der Waals surface area contributed by atoms with Gasteiger partial charge in [0.25, 0.3) is 5.91 Å². The van der Waals surface area contributed by atoms with Crippen LogP contribution in [0.5, 0.6) is 0 Å². The van der Waals surface area contributed by atoms with Crippen molar-refractivity contribution in [2.45, 2.75) is 52.1 Å². The maximum absolute atomic E-state index is 12.7. The van der Waals surface area contributed by atoms with Crippen molar-refractivity contribution in [3.05, 3.63) is 23.4 Å². The van der Waals surface area contributed by atoms with Crippen molar-refractivity contribution in [3.63, 3.8) is 0 Å². The molecule has 104 valence electrons. The highest BCUT2D eigenvalue weighted by molar-refractivity contribution is 5.95. The minimum absolute atomic E-state index is 0.127. The van der Waals surface area contributed by atoms with Crippen molar-refractivity contribution in [1.29, 1.82) is 0 Å². The van der Waals surface area contributed by atoms with E-state index < -0.39 is 0 Å². The number of anilines is 1. The summed E-state index contributed by atoms with van der Waals surface area (Å²) in [4.78, 5) is 19.1. The zero-order valence-electron chi connectivity index (χ0n) is 12.2. The second-order valence-electron chi connectivity index (χ2n) is 5.47. The van der Waals surface area contributed by atoms with Crippen LogP contribution in [0.25, 0.3) is 0 Å². The summed E-state index contributed by atoms with van der Waals surface area (Å²) in [6.45, 7) is 6.20. The van der Waals surface area contributed by atoms with Crippen LogP contribution in [0.4, 0.5) is 5.82 Å². The van der Waals surface area contributed by atoms with Gasteiger partial charge in [-0.3, -0.25) is 4.79 Å². The van der Waals surface area contributed by atoms with Crippen molar-refractivity contribution in [2.24, 2.45) is 0 Å². The van der Waals surface area contributed by atoms with Crippen LogP contribution in [0, 0.1) is 6.92 Å². The van der Waals surface area contributed by atoms with Gasteiger partial charge in [0.05, 0.1) is 0 Å². The topological polar surface area (TPSA) is 45.2 Å². The molecule has 1 aliphatic heterocycles. The molecule has 0 radical (unpaired) electrons. The number of carbonyl (C=O) groups excluding carboxylic acids is 1. The number of aromatic nitrogens is 1. The van der Waals surface area contributed by atoms with Crippen LogP contribution in [0.15, 0.2) is 12.1 Å². The highest BCUT2D eigenvalue weighted by atomic mass is 16.2. The van der Waals surface area contributed by atoms with Crippen LogP contribution < -0.4 is 5.32 Å². The fourth-order valence-corrected chi connectivity index (χ4v) is 2.89. The molecule has 0 aliphatic carbocycles. The van der Waals surface area contributed by atoms with Gasteiger partial charge in [0.15, 0.2) is 0 Å². The molecule has 1 aromatic heterocycles. The van der Waals surface area contributed by atoms with Gasteiger partial charge in [0.2, 0.25) is 0 Å². The minimum atomic E-state index is 0.127. The Balaban J connectivity index is 2.30. The summed E-state index contributed by atoms with van der Waals surface area (Å²) in [5.74, 6) is 0.877. The Labute approximate surface area is 115 Å². The van der Waals surface area contributed by atoms with Gasteiger partial charge in [-0.1, -0.05) is 0 Å². The number of amides is 1. The molecule has 19 heavy (non-hydrogen) atoms. The molecule has 0 bridgehead atoms. The quantitative estimate of drug-likeness (QED) is 0.890. The molecule has 1 aliphatic rings. The number of hydrogen-bond donors (Lipinski definition) is 1. The lowest BCUT2D eigenvalue weighted by molar-refractivity contribution is 0.0510. The molecule has 1 fully saturated rings. The van der Waals surface area contributed by atoms with Crippen LogP contribution in [0.1, 0.15) is 49.2 Å². The van der Waals surface area contributed by atoms with Gasteiger partial charge in [-0.05, 0) is 52.2 Å². The molecular formula is C15H23N3O. The van der Waals surface area contributed by atoms with E-state index in [1.807, 2.05) is 31.0 Å². The van der Waals surface area contributed by atoms with Crippen molar-refractivity contribution >= 4 is 11.7 Å². The van der Waals surface area contributed by atoms with Gasteiger partial charge in [0.1, 0.15) is 5.82 Å². The van der Waals surface area contributed by atoms with Crippen molar-refractivity contribution < 1.29 is 4.79 Å². The monoisotopic (exact) mass is 261 g/mol. The number of rotatable bonds is 2. The number of piperidine rings is 1. The zero-order valence-corrected chi connectivity index (χ0v) is 12.2. The van der Waals surface area contributed by atoms with Gasteiger partial charge in [0, 0.05) is 30.4 Å². The number of likely N-dealkylation sites (tertiary alicyclic amines) is 1. The van der Waals surface area contributed by atoms with Crippen molar-refractivity contribution in [1.82, 2.24) is 9.88 Å². The third kappa shape index (κ3) is 2.88. The first kappa shape index (κ1) is 13.8. The number of hydrogen-bond acceptors (Lipinski definition) is 3. The van der Waals surface area contributed by atoms with E-state index in [2.05, 4.69) is 24.1 Å². The predicted molar refractivity (Wildman–Crippen MR) is 77.5 cm³/mol. The standard InChI is InChI=1S/C15H23N3O/c1-10-8-13(9-14(16-4)17-10)15(19)18-11(2)6-5-7-12(18)3/h8-9,11-12H,5-7H2,1-4H3,(H,16,17)/t11-,12+. The number of nitrogens with one attached hydrogen (secondary N) is 1. The lowest BCUT2D eigenvalue weighted by Gasteiger charge is -2.39. The van der Waals surface area contributed by atoms with E-state index in [0.717, 1.165) is 29.9 Å². The van der Waals surface area contributed by atoms with Gasteiger partial charge in [-0.2, -0.15) is 0 Å². The van der Waals surface area contributed by atoms with Gasteiger partial charge >= 0.3 is 0 Å². The maximum atomic E-state index is 12.7. The van der Waals surface area contributed by atoms with E-state index >= 15 is 0 Å². The largest absolute Gasteiger partial charge is 0.373 e. The Morgan fingerprint density at radius 3 is 2.53 bits per heavy atom. The molecule has 2 rings (SSSR count). The average molecular weight is 261 g/mol. The van der Waals surface area contributed by atoms with E-state index in [-0.39, 0.29) is 5.91 Å². The number of carbonyl (C=O) groups is 1. The third-order valence-corrected chi connectivity index (χ3v) is 3.88. The van der Waals surface area contributed by atoms with Crippen LogP contribution in [-0.4, -0.2) is 34.9 Å². The fraction of sp³-hybridized carbons (Fsp3) is 0.600. The van der Waals surface area contributed by atoms with E-state index in [4.69, 9.17) is 0 Å². The van der Waals surface area contributed by atoms with Crippen LogP contribution in [-0.2, 0) is 0 Å². The Kier molecular flexibility index (Phi) is 4.08. The molecule has 2 atom stereocenters. The highest BCUT2D eigenvalue weighted by Gasteiger charge is 2.29. The number of aryl methyl sites for hydroxylation is 1. The van der Waals surface area contributed by atoms with Crippen molar-refractivity contribution in [2.75, 3.05) is 12.4 Å². The fourth-order valence-electron chi connectivity index (χ4n) is 2.89. The molecule has 0 unspecified atom stereocenters. The Morgan fingerprint density at radius 2 is 1.95 bits per heavy atom. The third-order valence-electron chi connectivity index (χ3n) is 3.88. The molecule has 1 N–H and O–H groups in total. The molecule has 4 nitrogen and oxygen atoms in total. The maximum Gasteiger partial charge on any atom is 0.254 e. The van der Waals surface area contributed by atoms with Gasteiger partial charge in [-0.25, -0.2) is 4.98 Å². The number of pyridine rings is 1. The minimum Gasteiger partial charge on any atom is -0.373 e. The predicted octanol–water partition coefficient (Wildman–Crippen LogP) is 2.83. The summed E-state index contributed by atoms with van der Waals surface area (Å²) in [6, 6.07) is 4.35. The summed E-state index contributed by atoms with van der Waals surface area (Å²) < 4.78 is 0. The molecule has 2 heterocycles. The second-order valence-corrected chi connectivity index (χ2v) is 5.47. The van der Waals surface area contributed by atoms with E-state index in [0.29, 0.717) is 12.1 Å². The number of nitrogens with zero attached hydrogens (tertiary/aromatic N) is 2.